The zero-order valence-corrected chi connectivity index (χ0v) is 13.2. The molecule has 0 saturated heterocycles. The number of carbonyl (C=O) groups is 2. The highest BCUT2D eigenvalue weighted by Gasteiger charge is 2.27. The number of aliphatic carboxylic acids is 2. The standard InChI is InChI=1S/C14H26O4S/c1-13(2,11(15)16)7-5-9-19-10-6-8-14(3,4)12(17)18/h5-10H2,1-4H3,(H,15,16)(H,17,18). The van der Waals surface area contributed by atoms with Crippen LogP contribution in [0.15, 0.2) is 0 Å². The van der Waals surface area contributed by atoms with Crippen LogP contribution in [0.1, 0.15) is 53.4 Å². The third kappa shape index (κ3) is 7.45. The number of carboxylic acid groups (broad SMARTS) is 2. The fraction of sp³-hybridized carbons (Fsp3) is 0.857. The molecule has 0 unspecified atom stereocenters. The predicted octanol–water partition coefficient (Wildman–Crippen LogP) is 3.50. The van der Waals surface area contributed by atoms with Crippen molar-refractivity contribution in [1.29, 1.82) is 0 Å². The second kappa shape index (κ2) is 7.78. The van der Waals surface area contributed by atoms with Crippen LogP contribution in [-0.4, -0.2) is 33.7 Å². The van der Waals surface area contributed by atoms with Gasteiger partial charge in [0.15, 0.2) is 0 Å². The van der Waals surface area contributed by atoms with E-state index in [-0.39, 0.29) is 0 Å². The lowest BCUT2D eigenvalue weighted by Gasteiger charge is -2.19. The molecule has 0 spiro atoms. The minimum atomic E-state index is -0.749. The van der Waals surface area contributed by atoms with E-state index in [9.17, 15) is 9.59 Å². The molecule has 19 heavy (non-hydrogen) atoms. The van der Waals surface area contributed by atoms with E-state index < -0.39 is 22.8 Å². The van der Waals surface area contributed by atoms with Crippen LogP contribution >= 0.6 is 11.8 Å². The molecule has 0 rings (SSSR count). The lowest BCUT2D eigenvalue weighted by Crippen LogP contribution is -2.23. The molecule has 0 saturated carbocycles. The second-order valence-electron chi connectivity index (χ2n) is 6.20. The van der Waals surface area contributed by atoms with E-state index in [1.54, 1.807) is 39.5 Å². The SMILES string of the molecule is CC(C)(CCCSCCCC(C)(C)C(=O)O)C(=O)O. The Hall–Kier alpha value is -0.710. The summed E-state index contributed by atoms with van der Waals surface area (Å²) >= 11 is 1.77. The summed E-state index contributed by atoms with van der Waals surface area (Å²) in [6, 6.07) is 0. The number of hydrogen-bond acceptors (Lipinski definition) is 3. The van der Waals surface area contributed by atoms with E-state index in [4.69, 9.17) is 10.2 Å². The molecule has 0 fully saturated rings. The maximum absolute atomic E-state index is 10.9. The summed E-state index contributed by atoms with van der Waals surface area (Å²) in [5.74, 6) is 0.371. The van der Waals surface area contributed by atoms with Gasteiger partial charge in [-0.15, -0.1) is 0 Å². The van der Waals surface area contributed by atoms with Gasteiger partial charge in [-0.05, 0) is 64.9 Å². The molecule has 112 valence electrons. The van der Waals surface area contributed by atoms with Crippen LogP contribution in [-0.2, 0) is 9.59 Å². The van der Waals surface area contributed by atoms with Crippen LogP contribution in [0.3, 0.4) is 0 Å². The van der Waals surface area contributed by atoms with Crippen molar-refractivity contribution in [2.75, 3.05) is 11.5 Å². The highest BCUT2D eigenvalue weighted by molar-refractivity contribution is 7.99. The molecule has 0 aromatic carbocycles. The van der Waals surface area contributed by atoms with Gasteiger partial charge in [0.1, 0.15) is 0 Å². The summed E-state index contributed by atoms with van der Waals surface area (Å²) in [6.07, 6.45) is 3.12. The molecule has 0 aromatic rings. The van der Waals surface area contributed by atoms with Crippen molar-refractivity contribution in [1.82, 2.24) is 0 Å². The highest BCUT2D eigenvalue weighted by atomic mass is 32.2. The lowest BCUT2D eigenvalue weighted by atomic mass is 9.88. The molecule has 0 bridgehead atoms. The summed E-state index contributed by atoms with van der Waals surface area (Å²) in [6.45, 7) is 6.98. The predicted molar refractivity (Wildman–Crippen MR) is 78.6 cm³/mol. The minimum absolute atomic E-state index is 0.647. The van der Waals surface area contributed by atoms with Crippen molar-refractivity contribution in [3.05, 3.63) is 0 Å². The summed E-state index contributed by atoms with van der Waals surface area (Å²) in [5, 5.41) is 17.9. The monoisotopic (exact) mass is 290 g/mol. The molecule has 0 amide bonds. The third-order valence-corrected chi connectivity index (χ3v) is 4.49. The topological polar surface area (TPSA) is 74.6 Å². The molecule has 0 aliphatic rings. The zero-order valence-electron chi connectivity index (χ0n) is 12.4. The van der Waals surface area contributed by atoms with E-state index in [1.807, 2.05) is 0 Å². The van der Waals surface area contributed by atoms with Gasteiger partial charge in [0.25, 0.3) is 0 Å². The van der Waals surface area contributed by atoms with E-state index in [2.05, 4.69) is 0 Å². The normalized spacial score (nSPS) is 12.4. The highest BCUT2D eigenvalue weighted by Crippen LogP contribution is 2.25. The molecule has 0 radical (unpaired) electrons. The van der Waals surface area contributed by atoms with Crippen molar-refractivity contribution >= 4 is 23.7 Å². The van der Waals surface area contributed by atoms with Crippen LogP contribution < -0.4 is 0 Å². The van der Waals surface area contributed by atoms with E-state index in [0.717, 1.165) is 24.3 Å². The first kappa shape index (κ1) is 18.3. The zero-order chi connectivity index (χ0) is 15.1. The Labute approximate surface area is 120 Å². The summed E-state index contributed by atoms with van der Waals surface area (Å²) in [5.41, 5.74) is -1.29. The van der Waals surface area contributed by atoms with E-state index in [1.165, 1.54) is 0 Å². The van der Waals surface area contributed by atoms with Gasteiger partial charge in [0.05, 0.1) is 10.8 Å². The number of rotatable bonds is 10. The Morgan fingerprint density at radius 1 is 0.842 bits per heavy atom. The number of thioether (sulfide) groups is 1. The largest absolute Gasteiger partial charge is 0.481 e. The first-order chi connectivity index (χ1) is 8.59. The van der Waals surface area contributed by atoms with Crippen LogP contribution in [0.25, 0.3) is 0 Å². The van der Waals surface area contributed by atoms with Gasteiger partial charge >= 0.3 is 11.9 Å². The van der Waals surface area contributed by atoms with Crippen LogP contribution in [0, 0.1) is 10.8 Å². The molecular formula is C14H26O4S. The molecule has 0 heterocycles. The van der Waals surface area contributed by atoms with Crippen molar-refractivity contribution in [2.45, 2.75) is 53.4 Å². The average molecular weight is 290 g/mol. The van der Waals surface area contributed by atoms with Crippen molar-refractivity contribution in [2.24, 2.45) is 10.8 Å². The van der Waals surface area contributed by atoms with Crippen molar-refractivity contribution < 1.29 is 19.8 Å². The lowest BCUT2D eigenvalue weighted by molar-refractivity contribution is -0.148. The Morgan fingerprint density at radius 3 is 1.42 bits per heavy atom. The molecule has 4 nitrogen and oxygen atoms in total. The smallest absolute Gasteiger partial charge is 0.309 e. The molecule has 0 aromatic heterocycles. The van der Waals surface area contributed by atoms with Gasteiger partial charge in [-0.3, -0.25) is 9.59 Å². The Bertz CT molecular complexity index is 281. The molecule has 0 aliphatic heterocycles. The summed E-state index contributed by atoms with van der Waals surface area (Å²) in [7, 11) is 0. The third-order valence-electron chi connectivity index (χ3n) is 3.34. The van der Waals surface area contributed by atoms with Crippen molar-refractivity contribution in [3.8, 4) is 0 Å². The van der Waals surface area contributed by atoms with Crippen LogP contribution in [0.5, 0.6) is 0 Å². The van der Waals surface area contributed by atoms with Gasteiger partial charge in [0.2, 0.25) is 0 Å². The van der Waals surface area contributed by atoms with Crippen LogP contribution in [0.4, 0.5) is 0 Å². The maximum atomic E-state index is 10.9. The van der Waals surface area contributed by atoms with Crippen molar-refractivity contribution in [3.63, 3.8) is 0 Å². The van der Waals surface area contributed by atoms with Gasteiger partial charge in [0, 0.05) is 0 Å². The van der Waals surface area contributed by atoms with Crippen LogP contribution in [0.2, 0.25) is 0 Å². The van der Waals surface area contributed by atoms with E-state index >= 15 is 0 Å². The Balaban J connectivity index is 3.63. The number of carboxylic acids is 2. The van der Waals surface area contributed by atoms with Gasteiger partial charge in [-0.1, -0.05) is 0 Å². The minimum Gasteiger partial charge on any atom is -0.481 e. The first-order valence-electron chi connectivity index (χ1n) is 6.64. The average Bonchev–Trinajstić information content (AvgIpc) is 2.27. The quantitative estimate of drug-likeness (QED) is 0.602. The number of hydrogen-bond donors (Lipinski definition) is 2. The Morgan fingerprint density at radius 2 is 1.16 bits per heavy atom. The molecular weight excluding hydrogens is 264 g/mol. The van der Waals surface area contributed by atoms with Gasteiger partial charge < -0.3 is 10.2 Å². The molecule has 0 atom stereocenters. The van der Waals surface area contributed by atoms with E-state index in [0.29, 0.717) is 12.8 Å². The summed E-state index contributed by atoms with van der Waals surface area (Å²) in [4.78, 5) is 21.8. The fourth-order valence-electron chi connectivity index (χ4n) is 1.55. The second-order valence-corrected chi connectivity index (χ2v) is 7.42. The van der Waals surface area contributed by atoms with Gasteiger partial charge in [-0.25, -0.2) is 0 Å². The summed E-state index contributed by atoms with van der Waals surface area (Å²) < 4.78 is 0. The molecule has 0 aliphatic carbocycles. The molecule has 5 heteroatoms. The first-order valence-corrected chi connectivity index (χ1v) is 7.79. The maximum Gasteiger partial charge on any atom is 0.309 e. The van der Waals surface area contributed by atoms with Gasteiger partial charge in [-0.2, -0.15) is 11.8 Å². The molecule has 2 N–H and O–H groups in total. The Kier molecular flexibility index (Phi) is 7.49. The fourth-order valence-corrected chi connectivity index (χ4v) is 2.45.